The van der Waals surface area contributed by atoms with Gasteiger partial charge in [-0.2, -0.15) is 8.42 Å². The molecular formula is H4ClCuKO4S. The molecule has 0 spiro atoms. The molecule has 0 saturated carbocycles. The normalized spacial score (nSPS) is 7.25. The molecule has 0 saturated heterocycles. The van der Waals surface area contributed by atoms with E-state index >= 15 is 0 Å². The van der Waals surface area contributed by atoms with E-state index in [0.717, 1.165) is 0 Å². The molecule has 0 aromatic carbocycles. The van der Waals surface area contributed by atoms with Crippen LogP contribution in [0.3, 0.4) is 0 Å². The predicted molar refractivity (Wildman–Crippen MR) is 22.5 cm³/mol. The van der Waals surface area contributed by atoms with Gasteiger partial charge in [-0.05, 0) is 0 Å². The molecule has 4 nitrogen and oxygen atoms in total. The third-order valence-corrected chi connectivity index (χ3v) is 0. The third kappa shape index (κ3) is 83.0. The van der Waals surface area contributed by atoms with Gasteiger partial charge in [0.05, 0.1) is 0 Å². The van der Waals surface area contributed by atoms with Gasteiger partial charge < -0.3 is 1.43 Å². The van der Waals surface area contributed by atoms with Crippen molar-refractivity contribution in [2.24, 2.45) is 0 Å². The van der Waals surface area contributed by atoms with Gasteiger partial charge in [0.2, 0.25) is 0 Å². The molecule has 0 aliphatic carbocycles. The quantitative estimate of drug-likeness (QED) is 0.346. The van der Waals surface area contributed by atoms with Crippen LogP contribution in [0.5, 0.6) is 0 Å². The van der Waals surface area contributed by atoms with Crippen LogP contribution in [0.1, 0.15) is 1.43 Å². The van der Waals surface area contributed by atoms with E-state index in [2.05, 4.69) is 0 Å². The van der Waals surface area contributed by atoms with E-state index in [1.165, 1.54) is 0 Å². The molecule has 0 bridgehead atoms. The summed E-state index contributed by atoms with van der Waals surface area (Å²) in [5.74, 6) is 0. The topological polar surface area (TPSA) is 74.6 Å². The summed E-state index contributed by atoms with van der Waals surface area (Å²) in [5.41, 5.74) is 0. The molecule has 0 aliphatic rings. The first-order valence-electron chi connectivity index (χ1n) is 0.698. The fourth-order valence-electron chi connectivity index (χ4n) is 0. The first-order chi connectivity index (χ1) is 2.00. The summed E-state index contributed by atoms with van der Waals surface area (Å²) in [5, 5.41) is 0. The summed E-state index contributed by atoms with van der Waals surface area (Å²) < 4.78 is 31.6. The van der Waals surface area contributed by atoms with Gasteiger partial charge in [0.1, 0.15) is 0 Å². The molecule has 0 heterocycles. The minimum Gasteiger partial charge on any atom is -1.00 e. The first-order valence-corrected chi connectivity index (χ1v) is 2.10. The van der Waals surface area contributed by atoms with E-state index in [-0.39, 0.29) is 82.3 Å². The monoisotopic (exact) mass is 237 g/mol. The average molecular weight is 238 g/mol. The molecule has 8 heavy (non-hydrogen) atoms. The number of halogens is 1. The molecule has 8 heteroatoms. The van der Waals surface area contributed by atoms with Crippen LogP contribution in [0.4, 0.5) is 0 Å². The Bertz CT molecular complexity index is 104. The summed E-state index contributed by atoms with van der Waals surface area (Å²) in [6, 6.07) is 0. The largest absolute Gasteiger partial charge is 1.00 e. The molecule has 0 fully saturated rings. The predicted octanol–water partition coefficient (Wildman–Crippen LogP) is -3.12. The second kappa shape index (κ2) is 9.32. The fourth-order valence-corrected chi connectivity index (χ4v) is 0. The van der Waals surface area contributed by atoms with Gasteiger partial charge in [-0.25, -0.2) is 0 Å². The SMILES string of the molecule is Cl.O=S(=O)(O)O.[Cu].[H-].[K+]. The standard InChI is InChI=1S/ClH.Cu.K.H2O4S.H/c;;;1-5(2,3)4;/h1H;;;(H2,1,2,3,4);/q;;+1;;-1. The van der Waals surface area contributed by atoms with Gasteiger partial charge in [-0.1, -0.05) is 0 Å². The number of hydrogen-bond acceptors (Lipinski definition) is 2. The van der Waals surface area contributed by atoms with Gasteiger partial charge in [0.25, 0.3) is 0 Å². The summed E-state index contributed by atoms with van der Waals surface area (Å²) in [7, 11) is -4.67. The molecular weight excluding hydrogens is 234 g/mol. The van der Waals surface area contributed by atoms with Crippen molar-refractivity contribution in [2.45, 2.75) is 0 Å². The second-order valence-electron chi connectivity index (χ2n) is 0.448. The minimum atomic E-state index is -4.67. The third-order valence-electron chi connectivity index (χ3n) is 0. The van der Waals surface area contributed by atoms with Gasteiger partial charge in [-0.3, -0.25) is 9.11 Å². The smallest absolute Gasteiger partial charge is 1.00 e. The fraction of sp³-hybridized carbons (Fsp3) is 0. The Morgan fingerprint density at radius 2 is 1.25 bits per heavy atom. The van der Waals surface area contributed by atoms with E-state index in [1.807, 2.05) is 0 Å². The molecule has 2 N–H and O–H groups in total. The summed E-state index contributed by atoms with van der Waals surface area (Å²) >= 11 is 0. The minimum absolute atomic E-state index is 0. The molecule has 0 unspecified atom stereocenters. The summed E-state index contributed by atoms with van der Waals surface area (Å²) in [4.78, 5) is 0. The Hall–Kier alpha value is 2.32. The Balaban J connectivity index is -0.0000000133. The van der Waals surface area contributed by atoms with Gasteiger partial charge in [0, 0.05) is 17.1 Å². The van der Waals surface area contributed by atoms with Crippen LogP contribution in [0.15, 0.2) is 0 Å². The number of rotatable bonds is 0. The first kappa shape index (κ1) is 22.4. The zero-order valence-electron chi connectivity index (χ0n) is 4.83. The Labute approximate surface area is 108 Å². The molecule has 53 valence electrons. The molecule has 0 atom stereocenters. The van der Waals surface area contributed by atoms with Crippen LogP contribution < -0.4 is 51.4 Å². The van der Waals surface area contributed by atoms with Crippen LogP contribution in [0, 0.1) is 0 Å². The summed E-state index contributed by atoms with van der Waals surface area (Å²) in [6.45, 7) is 0. The van der Waals surface area contributed by atoms with Crippen LogP contribution in [0.25, 0.3) is 0 Å². The molecule has 0 rings (SSSR count). The van der Waals surface area contributed by atoms with Crippen LogP contribution in [-0.4, -0.2) is 17.5 Å². The van der Waals surface area contributed by atoms with Gasteiger partial charge in [-0.15, -0.1) is 12.4 Å². The van der Waals surface area contributed by atoms with Crippen molar-refractivity contribution in [1.29, 1.82) is 0 Å². The molecule has 1 radical (unpaired) electrons. The molecule has 0 amide bonds. The maximum atomic E-state index is 8.74. The van der Waals surface area contributed by atoms with Crippen molar-refractivity contribution in [3.05, 3.63) is 0 Å². The van der Waals surface area contributed by atoms with Crippen LogP contribution in [0.2, 0.25) is 0 Å². The van der Waals surface area contributed by atoms with E-state index < -0.39 is 10.4 Å². The van der Waals surface area contributed by atoms with Crippen molar-refractivity contribution in [3.8, 4) is 0 Å². The Kier molecular flexibility index (Phi) is 26.1. The zero-order chi connectivity index (χ0) is 4.50. The second-order valence-corrected chi connectivity index (χ2v) is 1.34. The Morgan fingerprint density at radius 3 is 1.25 bits per heavy atom. The van der Waals surface area contributed by atoms with Crippen molar-refractivity contribution in [2.75, 3.05) is 0 Å². The molecule has 0 aliphatic heterocycles. The van der Waals surface area contributed by atoms with Crippen LogP contribution in [-0.2, 0) is 27.5 Å². The maximum absolute atomic E-state index is 8.74. The van der Waals surface area contributed by atoms with E-state index in [0.29, 0.717) is 0 Å². The zero-order valence-corrected chi connectivity index (χ0v) is 9.53. The van der Waals surface area contributed by atoms with Gasteiger partial charge >= 0.3 is 61.8 Å². The van der Waals surface area contributed by atoms with Crippen molar-refractivity contribution in [3.63, 3.8) is 0 Å². The van der Waals surface area contributed by atoms with Crippen molar-refractivity contribution >= 4 is 22.8 Å². The molecule has 0 aromatic heterocycles. The average Bonchev–Trinajstić information content (AvgIpc) is 0.722. The van der Waals surface area contributed by atoms with E-state index in [4.69, 9.17) is 17.5 Å². The van der Waals surface area contributed by atoms with Crippen molar-refractivity contribution < 1.29 is 87.4 Å². The van der Waals surface area contributed by atoms with Gasteiger partial charge in [0.15, 0.2) is 0 Å². The van der Waals surface area contributed by atoms with Crippen molar-refractivity contribution in [1.82, 2.24) is 0 Å². The Morgan fingerprint density at radius 1 is 1.25 bits per heavy atom. The molecule has 0 aromatic rings. The maximum Gasteiger partial charge on any atom is 1.00 e. The van der Waals surface area contributed by atoms with E-state index in [1.54, 1.807) is 0 Å². The van der Waals surface area contributed by atoms with E-state index in [9.17, 15) is 0 Å². The summed E-state index contributed by atoms with van der Waals surface area (Å²) in [6.07, 6.45) is 0. The van der Waals surface area contributed by atoms with Crippen LogP contribution >= 0.6 is 12.4 Å². The number of hydrogen-bond donors (Lipinski definition) is 2.